The van der Waals surface area contributed by atoms with Gasteiger partial charge < -0.3 is 10.2 Å². The summed E-state index contributed by atoms with van der Waals surface area (Å²) in [6, 6.07) is 8.73. The van der Waals surface area contributed by atoms with Crippen LogP contribution in [-0.2, 0) is 19.5 Å². The zero-order valence-electron chi connectivity index (χ0n) is 11.2. The lowest BCUT2D eigenvalue weighted by Crippen LogP contribution is -2.30. The van der Waals surface area contributed by atoms with Crippen molar-refractivity contribution < 1.29 is 0 Å². The van der Waals surface area contributed by atoms with Crippen LogP contribution in [0, 0.1) is 0 Å². The summed E-state index contributed by atoms with van der Waals surface area (Å²) in [7, 11) is 0. The van der Waals surface area contributed by atoms with Crippen molar-refractivity contribution in [3.8, 4) is 0 Å². The van der Waals surface area contributed by atoms with Gasteiger partial charge in [0, 0.05) is 30.7 Å². The van der Waals surface area contributed by atoms with Gasteiger partial charge in [-0.2, -0.15) is 0 Å². The minimum atomic E-state index is 0.929. The van der Waals surface area contributed by atoms with Crippen molar-refractivity contribution in [2.75, 3.05) is 18.0 Å². The van der Waals surface area contributed by atoms with E-state index in [0.29, 0.717) is 0 Å². The quantitative estimate of drug-likeness (QED) is 0.928. The van der Waals surface area contributed by atoms with Gasteiger partial charge in [-0.25, -0.2) is 4.98 Å². The zero-order chi connectivity index (χ0) is 13.1. The normalized spacial score (nSPS) is 14.5. The highest BCUT2D eigenvalue weighted by Crippen LogP contribution is 2.28. The second kappa shape index (κ2) is 5.72. The predicted molar refractivity (Wildman–Crippen MR) is 80.7 cm³/mol. The molecule has 0 amide bonds. The first kappa shape index (κ1) is 12.6. The number of hydrogen-bond acceptors (Lipinski definition) is 4. The molecule has 4 heteroatoms. The maximum Gasteiger partial charge on any atom is 0.185 e. The molecule has 0 fully saturated rings. The Morgan fingerprint density at radius 1 is 1.32 bits per heavy atom. The van der Waals surface area contributed by atoms with Crippen LogP contribution in [-0.4, -0.2) is 18.1 Å². The molecule has 1 aliphatic heterocycles. The third-order valence-corrected chi connectivity index (χ3v) is 4.55. The molecule has 0 aliphatic carbocycles. The second-order valence-corrected chi connectivity index (χ2v) is 5.92. The topological polar surface area (TPSA) is 28.2 Å². The molecule has 2 aromatic rings. The number of fused-ring (bicyclic) bond motifs is 1. The molecule has 100 valence electrons. The van der Waals surface area contributed by atoms with E-state index in [9.17, 15) is 0 Å². The Balaban J connectivity index is 1.72. The van der Waals surface area contributed by atoms with Crippen molar-refractivity contribution in [2.24, 2.45) is 0 Å². The van der Waals surface area contributed by atoms with E-state index in [1.54, 1.807) is 11.3 Å². The highest BCUT2D eigenvalue weighted by Gasteiger charge is 2.18. The smallest absolute Gasteiger partial charge is 0.185 e. The lowest BCUT2D eigenvalue weighted by atomic mass is 10.0. The van der Waals surface area contributed by atoms with Crippen LogP contribution in [0.2, 0.25) is 0 Å². The molecular weight excluding hydrogens is 254 g/mol. The van der Waals surface area contributed by atoms with E-state index < -0.39 is 0 Å². The third kappa shape index (κ3) is 2.80. The summed E-state index contributed by atoms with van der Waals surface area (Å²) < 4.78 is 0. The molecule has 2 heterocycles. The maximum absolute atomic E-state index is 4.57. The number of rotatable bonds is 4. The second-order valence-electron chi connectivity index (χ2n) is 4.83. The molecule has 1 aliphatic rings. The van der Waals surface area contributed by atoms with Crippen LogP contribution in [0.3, 0.4) is 0 Å². The molecule has 0 saturated carbocycles. The van der Waals surface area contributed by atoms with Gasteiger partial charge in [-0.15, -0.1) is 11.3 Å². The first-order valence-electron chi connectivity index (χ1n) is 6.84. The first-order chi connectivity index (χ1) is 9.36. The molecule has 0 radical (unpaired) electrons. The molecule has 0 spiro atoms. The highest BCUT2D eigenvalue weighted by molar-refractivity contribution is 7.15. The van der Waals surface area contributed by atoms with Gasteiger partial charge in [0.1, 0.15) is 0 Å². The highest BCUT2D eigenvalue weighted by atomic mass is 32.1. The van der Waals surface area contributed by atoms with Gasteiger partial charge in [-0.05, 0) is 24.1 Å². The molecule has 1 N–H and O–H groups in total. The summed E-state index contributed by atoms with van der Waals surface area (Å²) in [4.78, 5) is 8.28. The minimum absolute atomic E-state index is 0.929. The largest absolute Gasteiger partial charge is 0.343 e. The number of thiazole rings is 1. The molecule has 0 unspecified atom stereocenters. The monoisotopic (exact) mass is 273 g/mol. The van der Waals surface area contributed by atoms with Gasteiger partial charge in [-0.3, -0.25) is 0 Å². The number of nitrogens with zero attached hydrogens (tertiary/aromatic N) is 2. The van der Waals surface area contributed by atoms with Crippen LogP contribution < -0.4 is 10.2 Å². The van der Waals surface area contributed by atoms with Crippen LogP contribution in [0.5, 0.6) is 0 Å². The van der Waals surface area contributed by atoms with Crippen molar-refractivity contribution in [1.82, 2.24) is 10.3 Å². The van der Waals surface area contributed by atoms with E-state index in [4.69, 9.17) is 0 Å². The number of anilines is 1. The summed E-state index contributed by atoms with van der Waals surface area (Å²) in [6.07, 6.45) is 3.13. The van der Waals surface area contributed by atoms with Crippen LogP contribution in [0.25, 0.3) is 0 Å². The number of hydrogen-bond donors (Lipinski definition) is 1. The predicted octanol–water partition coefficient (Wildman–Crippen LogP) is 2.82. The molecule has 3 nitrogen and oxygen atoms in total. The number of aromatic nitrogens is 1. The Labute approximate surface area is 118 Å². The lowest BCUT2D eigenvalue weighted by molar-refractivity contribution is 0.728. The molecule has 0 saturated heterocycles. The van der Waals surface area contributed by atoms with Crippen molar-refractivity contribution in [3.05, 3.63) is 46.5 Å². The summed E-state index contributed by atoms with van der Waals surface area (Å²) in [5.74, 6) is 0. The van der Waals surface area contributed by atoms with Crippen LogP contribution in [0.15, 0.2) is 30.5 Å². The number of benzene rings is 1. The van der Waals surface area contributed by atoms with E-state index in [2.05, 4.69) is 46.4 Å². The minimum Gasteiger partial charge on any atom is -0.343 e. The van der Waals surface area contributed by atoms with Gasteiger partial charge in [0.2, 0.25) is 0 Å². The Morgan fingerprint density at radius 2 is 2.16 bits per heavy atom. The standard InChI is InChI=1S/C15H19N3S/c1-2-16-9-14-10-17-15(19-14)18-8-7-12-5-3-4-6-13(12)11-18/h3-6,10,16H,2,7-9,11H2,1H3. The molecule has 0 atom stereocenters. The SMILES string of the molecule is CCNCc1cnc(N2CCc3ccccc3C2)s1. The van der Waals surface area contributed by atoms with E-state index in [1.807, 2.05) is 6.20 Å². The van der Waals surface area contributed by atoms with Crippen LogP contribution in [0.4, 0.5) is 5.13 Å². The van der Waals surface area contributed by atoms with Crippen molar-refractivity contribution in [1.29, 1.82) is 0 Å². The van der Waals surface area contributed by atoms with Gasteiger partial charge in [-0.1, -0.05) is 31.2 Å². The molecule has 0 bridgehead atoms. The fraction of sp³-hybridized carbons (Fsp3) is 0.400. The average molecular weight is 273 g/mol. The van der Waals surface area contributed by atoms with Crippen LogP contribution >= 0.6 is 11.3 Å². The summed E-state index contributed by atoms with van der Waals surface area (Å²) in [5.41, 5.74) is 2.93. The van der Waals surface area contributed by atoms with Crippen LogP contribution in [0.1, 0.15) is 22.9 Å². The molecule has 19 heavy (non-hydrogen) atoms. The zero-order valence-corrected chi connectivity index (χ0v) is 12.0. The van der Waals surface area contributed by atoms with Gasteiger partial charge in [0.15, 0.2) is 5.13 Å². The Morgan fingerprint density at radius 3 is 3.00 bits per heavy atom. The lowest BCUT2D eigenvalue weighted by Gasteiger charge is -2.28. The average Bonchev–Trinajstić information content (AvgIpc) is 2.93. The molecular formula is C15H19N3S. The van der Waals surface area contributed by atoms with Crippen molar-refractivity contribution >= 4 is 16.5 Å². The molecule has 1 aromatic carbocycles. The van der Waals surface area contributed by atoms with E-state index in [1.165, 1.54) is 16.0 Å². The summed E-state index contributed by atoms with van der Waals surface area (Å²) in [5, 5.41) is 4.50. The van der Waals surface area contributed by atoms with Gasteiger partial charge in [0.05, 0.1) is 0 Å². The van der Waals surface area contributed by atoms with E-state index in [-0.39, 0.29) is 0 Å². The molecule has 3 rings (SSSR count). The third-order valence-electron chi connectivity index (χ3n) is 3.49. The van der Waals surface area contributed by atoms with E-state index in [0.717, 1.165) is 37.7 Å². The maximum atomic E-state index is 4.57. The molecule has 1 aromatic heterocycles. The summed E-state index contributed by atoms with van der Waals surface area (Å²) >= 11 is 1.81. The van der Waals surface area contributed by atoms with Crippen molar-refractivity contribution in [3.63, 3.8) is 0 Å². The summed E-state index contributed by atoms with van der Waals surface area (Å²) in [6.45, 7) is 6.13. The fourth-order valence-electron chi connectivity index (χ4n) is 2.43. The fourth-order valence-corrected chi connectivity index (χ4v) is 3.34. The van der Waals surface area contributed by atoms with Crippen molar-refractivity contribution in [2.45, 2.75) is 26.4 Å². The van der Waals surface area contributed by atoms with Gasteiger partial charge >= 0.3 is 0 Å². The number of nitrogens with one attached hydrogen (secondary N) is 1. The Hall–Kier alpha value is -1.39. The van der Waals surface area contributed by atoms with Gasteiger partial charge in [0.25, 0.3) is 0 Å². The first-order valence-corrected chi connectivity index (χ1v) is 7.65. The van der Waals surface area contributed by atoms with E-state index >= 15 is 0 Å². The Kier molecular flexibility index (Phi) is 3.80. The Bertz CT molecular complexity index is 550.